The largest absolute Gasteiger partial charge is 0.448 e. The highest BCUT2D eigenvalue weighted by atomic mass is 16.5. The van der Waals surface area contributed by atoms with E-state index < -0.39 is 24.0 Å². The molecule has 0 saturated heterocycles. The topological polar surface area (TPSA) is 126 Å². The van der Waals surface area contributed by atoms with Gasteiger partial charge in [0.1, 0.15) is 11.6 Å². The molecule has 0 fully saturated rings. The second-order valence-corrected chi connectivity index (χ2v) is 5.06. The minimum atomic E-state index is -1.27. The number of rotatable bonds is 5. The number of anilines is 1. The smallest absolute Gasteiger partial charge is 0.349 e. The Hall–Kier alpha value is -3.34. The molecule has 1 unspecified atom stereocenters. The van der Waals surface area contributed by atoms with Crippen LogP contribution >= 0.6 is 0 Å². The number of nitriles is 1. The second-order valence-electron chi connectivity index (χ2n) is 5.06. The van der Waals surface area contributed by atoms with E-state index in [0.29, 0.717) is 5.56 Å². The molecular formula is C16H18N4O4. The van der Waals surface area contributed by atoms with Gasteiger partial charge in [0.15, 0.2) is 6.10 Å². The van der Waals surface area contributed by atoms with Crippen LogP contribution in [0.3, 0.4) is 0 Å². The average molecular weight is 330 g/mol. The zero-order valence-corrected chi connectivity index (χ0v) is 13.6. The molecule has 8 heteroatoms. The summed E-state index contributed by atoms with van der Waals surface area (Å²) in [6, 6.07) is 7.81. The van der Waals surface area contributed by atoms with Gasteiger partial charge in [-0.1, -0.05) is 12.1 Å². The molecule has 0 spiro atoms. The molecule has 3 N–H and O–H groups in total. The first-order chi connectivity index (χ1) is 11.2. The van der Waals surface area contributed by atoms with Gasteiger partial charge in [-0.15, -0.1) is 0 Å². The van der Waals surface area contributed by atoms with Gasteiger partial charge in [0.05, 0.1) is 0 Å². The summed E-state index contributed by atoms with van der Waals surface area (Å²) < 4.78 is 4.84. The Labute approximate surface area is 139 Å². The van der Waals surface area contributed by atoms with Crippen LogP contribution in [0.25, 0.3) is 6.08 Å². The zero-order valence-electron chi connectivity index (χ0n) is 13.6. The fourth-order valence-corrected chi connectivity index (χ4v) is 1.67. The van der Waals surface area contributed by atoms with E-state index in [1.165, 1.54) is 13.0 Å². The highest BCUT2D eigenvalue weighted by molar-refractivity contribution is 6.01. The van der Waals surface area contributed by atoms with Gasteiger partial charge in [0.25, 0.3) is 5.91 Å². The number of nitrogens with zero attached hydrogens (tertiary/aromatic N) is 2. The fourth-order valence-electron chi connectivity index (χ4n) is 1.67. The summed E-state index contributed by atoms with van der Waals surface area (Å²) in [6.07, 6.45) is 0.0818. The van der Waals surface area contributed by atoms with Crippen molar-refractivity contribution in [1.29, 1.82) is 5.26 Å². The first-order valence-electron chi connectivity index (χ1n) is 6.95. The average Bonchev–Trinajstić information content (AvgIpc) is 2.52. The Bertz CT molecular complexity index is 702. The molecule has 8 nitrogen and oxygen atoms in total. The van der Waals surface area contributed by atoms with Crippen LogP contribution in [0.2, 0.25) is 0 Å². The molecule has 1 aromatic carbocycles. The number of nitrogens with two attached hydrogens (primary N) is 1. The first kappa shape index (κ1) is 18.7. The number of primary amides is 1. The number of nitrogens with one attached hydrogen (secondary N) is 1. The normalized spacial score (nSPS) is 11.8. The quantitative estimate of drug-likeness (QED) is 0.467. The van der Waals surface area contributed by atoms with Gasteiger partial charge in [-0.3, -0.25) is 10.1 Å². The molecule has 0 aliphatic carbocycles. The van der Waals surface area contributed by atoms with E-state index in [1.807, 2.05) is 31.1 Å². The number of ether oxygens (including phenoxy) is 1. The predicted molar refractivity (Wildman–Crippen MR) is 87.6 cm³/mol. The molecule has 0 aliphatic rings. The molecule has 24 heavy (non-hydrogen) atoms. The molecule has 1 atom stereocenters. The summed E-state index contributed by atoms with van der Waals surface area (Å²) in [6.45, 7) is 1.26. The lowest BCUT2D eigenvalue weighted by Gasteiger charge is -2.12. The Kier molecular flexibility index (Phi) is 6.50. The SMILES string of the molecule is CC(OC(=O)/C(C#N)=C/c1ccc(N(C)C)cc1)C(=O)NC(N)=O. The number of esters is 1. The standard InChI is InChI=1S/C16H18N4O4/c1-10(14(21)19-16(18)23)24-15(22)12(9-17)8-11-4-6-13(7-5-11)20(2)3/h4-8,10H,1-3H3,(H3,18,19,21,23)/b12-8+. The number of hydrogen-bond donors (Lipinski definition) is 2. The van der Waals surface area contributed by atoms with Gasteiger partial charge in [-0.2, -0.15) is 5.26 Å². The lowest BCUT2D eigenvalue weighted by molar-refractivity contribution is -0.150. The summed E-state index contributed by atoms with van der Waals surface area (Å²) in [7, 11) is 3.78. The highest BCUT2D eigenvalue weighted by Gasteiger charge is 2.21. The lowest BCUT2D eigenvalue weighted by Crippen LogP contribution is -2.42. The summed E-state index contributed by atoms with van der Waals surface area (Å²) in [4.78, 5) is 35.9. The van der Waals surface area contributed by atoms with Crippen LogP contribution in [0.4, 0.5) is 10.5 Å². The van der Waals surface area contributed by atoms with Crippen LogP contribution in [0.15, 0.2) is 29.8 Å². The molecule has 0 saturated carbocycles. The predicted octanol–water partition coefficient (Wildman–Crippen LogP) is 0.786. The van der Waals surface area contributed by atoms with E-state index in [4.69, 9.17) is 15.7 Å². The second kappa shape index (κ2) is 8.33. The molecule has 0 aliphatic heterocycles. The monoisotopic (exact) mass is 330 g/mol. The van der Waals surface area contributed by atoms with E-state index in [9.17, 15) is 14.4 Å². The molecule has 1 rings (SSSR count). The van der Waals surface area contributed by atoms with E-state index in [0.717, 1.165) is 5.69 Å². The third kappa shape index (κ3) is 5.46. The van der Waals surface area contributed by atoms with E-state index >= 15 is 0 Å². The summed E-state index contributed by atoms with van der Waals surface area (Å²) >= 11 is 0. The van der Waals surface area contributed by atoms with Crippen LogP contribution < -0.4 is 16.0 Å². The molecule has 0 heterocycles. The van der Waals surface area contributed by atoms with Gasteiger partial charge < -0.3 is 15.4 Å². The van der Waals surface area contributed by atoms with Crippen molar-refractivity contribution < 1.29 is 19.1 Å². The van der Waals surface area contributed by atoms with Crippen LogP contribution in [0.1, 0.15) is 12.5 Å². The number of benzene rings is 1. The van der Waals surface area contributed by atoms with Gasteiger partial charge in [0, 0.05) is 19.8 Å². The van der Waals surface area contributed by atoms with Gasteiger partial charge in [-0.25, -0.2) is 9.59 Å². The van der Waals surface area contributed by atoms with Crippen molar-refractivity contribution in [2.24, 2.45) is 5.73 Å². The lowest BCUT2D eigenvalue weighted by atomic mass is 10.1. The maximum atomic E-state index is 11.9. The van der Waals surface area contributed by atoms with Crippen LogP contribution in [0.5, 0.6) is 0 Å². The summed E-state index contributed by atoms with van der Waals surface area (Å²) in [5.74, 6) is -1.84. The minimum absolute atomic E-state index is 0.272. The Morgan fingerprint density at radius 2 is 1.88 bits per heavy atom. The van der Waals surface area contributed by atoms with Crippen LogP contribution in [0, 0.1) is 11.3 Å². The highest BCUT2D eigenvalue weighted by Crippen LogP contribution is 2.15. The summed E-state index contributed by atoms with van der Waals surface area (Å²) in [5, 5.41) is 10.9. The molecule has 0 radical (unpaired) electrons. The third-order valence-electron chi connectivity index (χ3n) is 2.96. The Balaban J connectivity index is 2.84. The minimum Gasteiger partial charge on any atom is -0.448 e. The molecule has 126 valence electrons. The van der Waals surface area contributed by atoms with Gasteiger partial charge in [-0.05, 0) is 30.7 Å². The van der Waals surface area contributed by atoms with Crippen molar-refractivity contribution in [3.05, 3.63) is 35.4 Å². The van der Waals surface area contributed by atoms with E-state index in [2.05, 4.69) is 0 Å². The van der Waals surface area contributed by atoms with E-state index in [1.54, 1.807) is 23.5 Å². The number of amides is 3. The van der Waals surface area contributed by atoms with Crippen LogP contribution in [-0.2, 0) is 14.3 Å². The molecule has 0 bridgehead atoms. The third-order valence-corrected chi connectivity index (χ3v) is 2.96. The first-order valence-corrected chi connectivity index (χ1v) is 6.95. The molecule has 1 aromatic rings. The van der Waals surface area contributed by atoms with E-state index in [-0.39, 0.29) is 5.57 Å². The molecule has 0 aromatic heterocycles. The maximum absolute atomic E-state index is 11.9. The number of imide groups is 1. The van der Waals surface area contributed by atoms with Gasteiger partial charge >= 0.3 is 12.0 Å². The molecular weight excluding hydrogens is 312 g/mol. The maximum Gasteiger partial charge on any atom is 0.349 e. The Morgan fingerprint density at radius 1 is 1.29 bits per heavy atom. The molecule has 3 amide bonds. The summed E-state index contributed by atoms with van der Waals surface area (Å²) in [5.41, 5.74) is 6.12. The van der Waals surface area contributed by atoms with Gasteiger partial charge in [0.2, 0.25) is 0 Å². The number of urea groups is 1. The van der Waals surface area contributed by atoms with Crippen molar-refractivity contribution in [3.63, 3.8) is 0 Å². The Morgan fingerprint density at radius 3 is 2.33 bits per heavy atom. The van der Waals surface area contributed by atoms with Crippen molar-refractivity contribution >= 4 is 29.7 Å². The van der Waals surface area contributed by atoms with Crippen molar-refractivity contribution in [3.8, 4) is 6.07 Å². The van der Waals surface area contributed by atoms with Crippen molar-refractivity contribution in [2.45, 2.75) is 13.0 Å². The van der Waals surface area contributed by atoms with Crippen LogP contribution in [-0.4, -0.2) is 38.1 Å². The fraction of sp³-hybridized carbons (Fsp3) is 0.250. The van der Waals surface area contributed by atoms with Crippen molar-refractivity contribution in [2.75, 3.05) is 19.0 Å². The number of carbonyl (C=O) groups is 3. The number of carbonyl (C=O) groups excluding carboxylic acids is 3. The number of hydrogen-bond acceptors (Lipinski definition) is 6. The van der Waals surface area contributed by atoms with Crippen molar-refractivity contribution in [1.82, 2.24) is 5.32 Å². The zero-order chi connectivity index (χ0) is 18.3.